The van der Waals surface area contributed by atoms with Crippen molar-refractivity contribution in [2.45, 2.75) is 13.0 Å². The second kappa shape index (κ2) is 4.47. The highest BCUT2D eigenvalue weighted by molar-refractivity contribution is 5.20. The van der Waals surface area contributed by atoms with Crippen LogP contribution in [0.1, 0.15) is 6.42 Å². The summed E-state index contributed by atoms with van der Waals surface area (Å²) in [4.78, 5) is 24.2. The SMILES string of the molecule is NCCCn1cc([N+](=O)[O-])cnc1=O. The first-order valence-corrected chi connectivity index (χ1v) is 4.06. The maximum absolute atomic E-state index is 11.1. The predicted octanol–water partition coefficient (Wildman–Crippen LogP) is -0.500. The van der Waals surface area contributed by atoms with Gasteiger partial charge in [-0.25, -0.2) is 4.79 Å². The van der Waals surface area contributed by atoms with Gasteiger partial charge >= 0.3 is 11.4 Å². The number of aryl methyl sites for hydroxylation is 1. The summed E-state index contributed by atoms with van der Waals surface area (Å²) < 4.78 is 1.19. The molecule has 0 aliphatic heterocycles. The van der Waals surface area contributed by atoms with E-state index in [1.54, 1.807) is 0 Å². The lowest BCUT2D eigenvalue weighted by Crippen LogP contribution is -2.23. The van der Waals surface area contributed by atoms with Gasteiger partial charge in [0.05, 0.1) is 11.1 Å². The molecule has 0 saturated heterocycles. The lowest BCUT2D eigenvalue weighted by atomic mass is 10.4. The van der Waals surface area contributed by atoms with Crippen LogP contribution >= 0.6 is 0 Å². The van der Waals surface area contributed by atoms with Gasteiger partial charge in [-0.2, -0.15) is 4.98 Å². The van der Waals surface area contributed by atoms with Crippen molar-refractivity contribution in [1.82, 2.24) is 9.55 Å². The van der Waals surface area contributed by atoms with Crippen molar-refractivity contribution in [3.8, 4) is 0 Å². The average Bonchev–Trinajstić information content (AvgIpc) is 2.16. The van der Waals surface area contributed by atoms with Crippen molar-refractivity contribution < 1.29 is 4.92 Å². The highest BCUT2D eigenvalue weighted by Gasteiger charge is 2.07. The zero-order valence-electron chi connectivity index (χ0n) is 7.42. The van der Waals surface area contributed by atoms with Crippen LogP contribution in [0.15, 0.2) is 17.2 Å². The van der Waals surface area contributed by atoms with E-state index >= 15 is 0 Å². The van der Waals surface area contributed by atoms with Crippen LogP contribution < -0.4 is 11.4 Å². The summed E-state index contributed by atoms with van der Waals surface area (Å²) in [7, 11) is 0. The van der Waals surface area contributed by atoms with Crippen molar-refractivity contribution in [3.63, 3.8) is 0 Å². The van der Waals surface area contributed by atoms with Gasteiger partial charge in [-0.05, 0) is 13.0 Å². The molecule has 0 radical (unpaired) electrons. The molecule has 1 heterocycles. The van der Waals surface area contributed by atoms with Gasteiger partial charge < -0.3 is 5.73 Å². The van der Waals surface area contributed by atoms with Crippen LogP contribution in [0.2, 0.25) is 0 Å². The van der Waals surface area contributed by atoms with Crippen LogP contribution in [0.3, 0.4) is 0 Å². The van der Waals surface area contributed by atoms with Crippen molar-refractivity contribution in [3.05, 3.63) is 33.0 Å². The second-order valence-electron chi connectivity index (χ2n) is 2.69. The van der Waals surface area contributed by atoms with Crippen LogP contribution in [0.25, 0.3) is 0 Å². The number of aromatic nitrogens is 2. The van der Waals surface area contributed by atoms with E-state index in [1.165, 1.54) is 10.8 Å². The average molecular weight is 198 g/mol. The van der Waals surface area contributed by atoms with Crippen molar-refractivity contribution in [1.29, 1.82) is 0 Å². The van der Waals surface area contributed by atoms with Crippen molar-refractivity contribution in [2.75, 3.05) is 6.54 Å². The molecule has 1 aromatic rings. The fourth-order valence-electron chi connectivity index (χ4n) is 0.960. The molecule has 0 aromatic carbocycles. The van der Waals surface area contributed by atoms with Crippen LogP contribution in [-0.4, -0.2) is 21.0 Å². The fourth-order valence-corrected chi connectivity index (χ4v) is 0.960. The minimum Gasteiger partial charge on any atom is -0.330 e. The summed E-state index contributed by atoms with van der Waals surface area (Å²) >= 11 is 0. The fraction of sp³-hybridized carbons (Fsp3) is 0.429. The summed E-state index contributed by atoms with van der Waals surface area (Å²) in [5, 5.41) is 10.4. The van der Waals surface area contributed by atoms with Gasteiger partial charge in [-0.3, -0.25) is 14.7 Å². The molecule has 0 spiro atoms. The number of nitrogens with two attached hydrogens (primary N) is 1. The van der Waals surface area contributed by atoms with E-state index in [2.05, 4.69) is 4.98 Å². The summed E-state index contributed by atoms with van der Waals surface area (Å²) in [6, 6.07) is 0. The van der Waals surface area contributed by atoms with Gasteiger partial charge in [0.15, 0.2) is 0 Å². The first-order valence-electron chi connectivity index (χ1n) is 4.06. The van der Waals surface area contributed by atoms with Gasteiger partial charge in [0.25, 0.3) is 0 Å². The Hall–Kier alpha value is -1.76. The monoisotopic (exact) mass is 198 g/mol. The van der Waals surface area contributed by atoms with E-state index in [9.17, 15) is 14.9 Å². The molecule has 1 aromatic heterocycles. The number of hydrogen-bond donors (Lipinski definition) is 1. The van der Waals surface area contributed by atoms with E-state index in [4.69, 9.17) is 5.73 Å². The number of hydrogen-bond acceptors (Lipinski definition) is 5. The lowest BCUT2D eigenvalue weighted by Gasteiger charge is -2.01. The molecule has 0 unspecified atom stereocenters. The largest absolute Gasteiger partial charge is 0.347 e. The Bertz CT molecular complexity index is 387. The molecular weight excluding hydrogens is 188 g/mol. The highest BCUT2D eigenvalue weighted by Crippen LogP contribution is 2.04. The molecule has 0 aliphatic carbocycles. The molecule has 0 atom stereocenters. The molecule has 0 amide bonds. The van der Waals surface area contributed by atoms with Gasteiger partial charge in [-0.1, -0.05) is 0 Å². The molecule has 14 heavy (non-hydrogen) atoms. The Kier molecular flexibility index (Phi) is 3.29. The standard InChI is InChI=1S/C7H10N4O3/c8-2-1-3-10-5-6(11(13)14)4-9-7(10)12/h4-5H,1-3,8H2. The van der Waals surface area contributed by atoms with E-state index in [-0.39, 0.29) is 5.69 Å². The predicted molar refractivity (Wildman–Crippen MR) is 48.8 cm³/mol. The normalized spacial score (nSPS) is 10.1. The zero-order chi connectivity index (χ0) is 10.6. The van der Waals surface area contributed by atoms with Gasteiger partial charge in [0.1, 0.15) is 6.20 Å². The van der Waals surface area contributed by atoms with Gasteiger partial charge in [0.2, 0.25) is 0 Å². The zero-order valence-corrected chi connectivity index (χ0v) is 7.42. The second-order valence-corrected chi connectivity index (χ2v) is 2.69. The van der Waals surface area contributed by atoms with E-state index in [0.717, 1.165) is 6.20 Å². The Morgan fingerprint density at radius 3 is 2.93 bits per heavy atom. The first kappa shape index (κ1) is 10.3. The molecule has 76 valence electrons. The maximum Gasteiger partial charge on any atom is 0.347 e. The third kappa shape index (κ3) is 2.36. The number of rotatable bonds is 4. The molecule has 7 nitrogen and oxygen atoms in total. The van der Waals surface area contributed by atoms with Crippen molar-refractivity contribution >= 4 is 5.69 Å². The smallest absolute Gasteiger partial charge is 0.330 e. The molecule has 7 heteroatoms. The topological polar surface area (TPSA) is 104 Å². The molecule has 2 N–H and O–H groups in total. The molecule has 1 rings (SSSR count). The Labute approximate surface area is 79.3 Å². The van der Waals surface area contributed by atoms with Crippen LogP contribution in [0.5, 0.6) is 0 Å². The van der Waals surface area contributed by atoms with Gasteiger partial charge in [0, 0.05) is 6.54 Å². The molecule has 0 saturated carbocycles. The highest BCUT2D eigenvalue weighted by atomic mass is 16.6. The van der Waals surface area contributed by atoms with E-state index in [0.29, 0.717) is 19.5 Å². The summed E-state index contributed by atoms with van der Waals surface area (Å²) in [6.07, 6.45) is 2.70. The molecule has 0 fully saturated rings. The quantitative estimate of drug-likeness (QED) is 0.518. The summed E-state index contributed by atoms with van der Waals surface area (Å²) in [6.45, 7) is 0.777. The minimum atomic E-state index is -0.592. The third-order valence-electron chi connectivity index (χ3n) is 1.66. The minimum absolute atomic E-state index is 0.193. The number of nitrogens with zero attached hydrogens (tertiary/aromatic N) is 3. The maximum atomic E-state index is 11.1. The van der Waals surface area contributed by atoms with E-state index < -0.39 is 10.6 Å². The Morgan fingerprint density at radius 1 is 1.64 bits per heavy atom. The molecule has 0 bridgehead atoms. The first-order chi connectivity index (χ1) is 6.65. The Morgan fingerprint density at radius 2 is 2.36 bits per heavy atom. The molecule has 0 aliphatic rings. The third-order valence-corrected chi connectivity index (χ3v) is 1.66. The van der Waals surface area contributed by atoms with E-state index in [1.807, 2.05) is 0 Å². The van der Waals surface area contributed by atoms with Crippen LogP contribution in [0.4, 0.5) is 5.69 Å². The lowest BCUT2D eigenvalue weighted by molar-refractivity contribution is -0.385. The summed E-state index contributed by atoms with van der Waals surface area (Å²) in [5.41, 5.74) is 4.57. The molecular formula is C7H10N4O3. The summed E-state index contributed by atoms with van der Waals surface area (Å²) in [5.74, 6) is 0. The van der Waals surface area contributed by atoms with Gasteiger partial charge in [-0.15, -0.1) is 0 Å². The van der Waals surface area contributed by atoms with Crippen molar-refractivity contribution in [2.24, 2.45) is 5.73 Å². The van der Waals surface area contributed by atoms with Crippen LogP contribution in [0, 0.1) is 10.1 Å². The van der Waals surface area contributed by atoms with Crippen LogP contribution in [-0.2, 0) is 6.54 Å². The Balaban J connectivity index is 2.96. The number of nitro groups is 1.